The molecule has 1 amide bonds. The second-order valence-corrected chi connectivity index (χ2v) is 9.45. The van der Waals surface area contributed by atoms with Gasteiger partial charge in [0.2, 0.25) is 17.6 Å². The fraction of sp³-hybridized carbons (Fsp3) is 0.609. The van der Waals surface area contributed by atoms with Crippen LogP contribution < -0.4 is 0 Å². The van der Waals surface area contributed by atoms with Crippen LogP contribution in [0, 0.1) is 5.92 Å². The minimum atomic E-state index is 0.106. The molecule has 6 heteroatoms. The first-order valence-electron chi connectivity index (χ1n) is 10.8. The van der Waals surface area contributed by atoms with Crippen LogP contribution >= 0.6 is 0 Å². The highest BCUT2D eigenvalue weighted by Crippen LogP contribution is 2.26. The number of piperidine rings is 1. The largest absolute Gasteiger partial charge is 0.342 e. The van der Waals surface area contributed by atoms with E-state index in [4.69, 9.17) is 4.52 Å². The van der Waals surface area contributed by atoms with Crippen molar-refractivity contribution < 1.29 is 9.32 Å². The number of hydrogen-bond donors (Lipinski definition) is 0. The molecule has 1 unspecified atom stereocenters. The molecule has 1 atom stereocenters. The van der Waals surface area contributed by atoms with Crippen LogP contribution in [0.5, 0.6) is 0 Å². The van der Waals surface area contributed by atoms with Gasteiger partial charge in [0, 0.05) is 25.2 Å². The monoisotopic (exact) mass is 396 g/mol. The van der Waals surface area contributed by atoms with Crippen LogP contribution in [0.3, 0.4) is 0 Å². The highest BCUT2D eigenvalue weighted by atomic mass is 16.5. The predicted molar refractivity (Wildman–Crippen MR) is 112 cm³/mol. The van der Waals surface area contributed by atoms with E-state index in [1.54, 1.807) is 0 Å². The fourth-order valence-electron chi connectivity index (χ4n) is 4.34. The number of hydrogen-bond acceptors (Lipinski definition) is 5. The Morgan fingerprint density at radius 1 is 1.10 bits per heavy atom. The van der Waals surface area contributed by atoms with Gasteiger partial charge in [0.05, 0.1) is 12.5 Å². The van der Waals surface area contributed by atoms with E-state index in [-0.39, 0.29) is 11.3 Å². The van der Waals surface area contributed by atoms with Gasteiger partial charge in [0.15, 0.2) is 0 Å². The fourth-order valence-corrected chi connectivity index (χ4v) is 4.34. The van der Waals surface area contributed by atoms with Crippen LogP contribution in [0.4, 0.5) is 0 Å². The topological polar surface area (TPSA) is 62.5 Å². The molecule has 1 aromatic carbocycles. The van der Waals surface area contributed by atoms with Gasteiger partial charge in [-0.2, -0.15) is 4.98 Å². The molecular formula is C23H32N4O2. The molecule has 0 saturated carbocycles. The number of benzene rings is 1. The van der Waals surface area contributed by atoms with E-state index in [1.165, 1.54) is 5.56 Å². The lowest BCUT2D eigenvalue weighted by molar-refractivity contribution is -0.136. The second-order valence-electron chi connectivity index (χ2n) is 9.45. The van der Waals surface area contributed by atoms with E-state index in [0.29, 0.717) is 24.2 Å². The first kappa shape index (κ1) is 20.1. The zero-order chi connectivity index (χ0) is 20.4. The minimum absolute atomic E-state index is 0.106. The number of carbonyl (C=O) groups is 1. The van der Waals surface area contributed by atoms with Gasteiger partial charge in [-0.05, 0) is 43.2 Å². The molecule has 6 nitrogen and oxygen atoms in total. The summed E-state index contributed by atoms with van der Waals surface area (Å²) in [5, 5.41) is 4.17. The average Bonchev–Trinajstić information content (AvgIpc) is 3.39. The molecule has 0 bridgehead atoms. The molecule has 0 radical (unpaired) electrons. The molecular weight excluding hydrogens is 364 g/mol. The third-order valence-corrected chi connectivity index (χ3v) is 6.11. The van der Waals surface area contributed by atoms with Gasteiger partial charge in [-0.3, -0.25) is 9.69 Å². The van der Waals surface area contributed by atoms with Crippen molar-refractivity contribution in [1.29, 1.82) is 0 Å². The maximum Gasteiger partial charge on any atom is 0.241 e. The van der Waals surface area contributed by atoms with Gasteiger partial charge in [0.25, 0.3) is 0 Å². The quantitative estimate of drug-likeness (QED) is 0.785. The Balaban J connectivity index is 1.38. The van der Waals surface area contributed by atoms with Crippen LogP contribution in [0.2, 0.25) is 0 Å². The van der Waals surface area contributed by atoms with Crippen molar-refractivity contribution in [3.05, 3.63) is 35.7 Å². The predicted octanol–water partition coefficient (Wildman–Crippen LogP) is 3.87. The van der Waals surface area contributed by atoms with Crippen LogP contribution in [0.25, 0.3) is 11.4 Å². The number of nitrogens with zero attached hydrogens (tertiary/aromatic N) is 4. The summed E-state index contributed by atoms with van der Waals surface area (Å²) in [6, 6.07) is 8.37. The lowest BCUT2D eigenvalue weighted by Crippen LogP contribution is -2.43. The molecule has 1 aromatic heterocycles. The summed E-state index contributed by atoms with van der Waals surface area (Å²) in [6.45, 7) is 10.8. The van der Waals surface area contributed by atoms with E-state index < -0.39 is 0 Å². The summed E-state index contributed by atoms with van der Waals surface area (Å²) in [4.78, 5) is 21.7. The Hall–Kier alpha value is -2.21. The molecule has 3 heterocycles. The van der Waals surface area contributed by atoms with Crippen molar-refractivity contribution in [2.45, 2.75) is 58.4 Å². The lowest BCUT2D eigenvalue weighted by atomic mass is 9.87. The molecule has 0 spiro atoms. The lowest BCUT2D eigenvalue weighted by Gasteiger charge is -2.33. The van der Waals surface area contributed by atoms with Crippen molar-refractivity contribution in [2.75, 3.05) is 26.2 Å². The normalized spacial score (nSPS) is 20.9. The van der Waals surface area contributed by atoms with E-state index in [2.05, 4.69) is 60.1 Å². The third kappa shape index (κ3) is 4.69. The molecule has 4 rings (SSSR count). The number of carbonyl (C=O) groups excluding carboxylic acids is 1. The Morgan fingerprint density at radius 2 is 1.83 bits per heavy atom. The van der Waals surface area contributed by atoms with Crippen molar-refractivity contribution in [2.24, 2.45) is 5.92 Å². The van der Waals surface area contributed by atoms with Crippen LogP contribution in [0.15, 0.2) is 28.8 Å². The van der Waals surface area contributed by atoms with Crippen LogP contribution in [-0.2, 0) is 16.8 Å². The molecule has 156 valence electrons. The first-order valence-corrected chi connectivity index (χ1v) is 10.8. The van der Waals surface area contributed by atoms with Crippen LogP contribution in [-0.4, -0.2) is 52.0 Å². The van der Waals surface area contributed by atoms with Gasteiger partial charge in [-0.1, -0.05) is 50.2 Å². The zero-order valence-electron chi connectivity index (χ0n) is 17.9. The zero-order valence-corrected chi connectivity index (χ0v) is 17.9. The van der Waals surface area contributed by atoms with E-state index in [0.717, 1.165) is 57.4 Å². The summed E-state index contributed by atoms with van der Waals surface area (Å²) in [5.74, 6) is 1.68. The summed E-state index contributed by atoms with van der Waals surface area (Å²) in [6.07, 6.45) is 4.31. The average molecular weight is 397 g/mol. The van der Waals surface area contributed by atoms with E-state index >= 15 is 0 Å². The number of likely N-dealkylation sites (tertiary alicyclic amines) is 2. The first-order chi connectivity index (χ1) is 13.9. The SMILES string of the molecule is CC(C)(C)c1ccc(-c2noc(CN3CCCC(C(=O)N4CCCC4)C3)n2)cc1. The summed E-state index contributed by atoms with van der Waals surface area (Å²) in [5.41, 5.74) is 2.37. The van der Waals surface area contributed by atoms with Crippen molar-refractivity contribution in [3.63, 3.8) is 0 Å². The maximum atomic E-state index is 12.7. The highest BCUT2D eigenvalue weighted by Gasteiger charge is 2.31. The van der Waals surface area contributed by atoms with Gasteiger partial charge in [0.1, 0.15) is 0 Å². The summed E-state index contributed by atoms with van der Waals surface area (Å²) >= 11 is 0. The molecule has 2 fully saturated rings. The van der Waals surface area contributed by atoms with Gasteiger partial charge in [-0.25, -0.2) is 0 Å². The molecule has 29 heavy (non-hydrogen) atoms. The second kappa shape index (κ2) is 8.27. The van der Waals surface area contributed by atoms with Crippen molar-refractivity contribution in [3.8, 4) is 11.4 Å². The number of rotatable bonds is 4. The Kier molecular flexibility index (Phi) is 5.72. The van der Waals surface area contributed by atoms with Crippen molar-refractivity contribution in [1.82, 2.24) is 19.9 Å². The molecule has 2 aliphatic rings. The molecule has 2 aliphatic heterocycles. The Bertz CT molecular complexity index is 831. The Labute approximate surface area is 173 Å². The van der Waals surface area contributed by atoms with E-state index in [1.807, 2.05) is 4.90 Å². The molecule has 0 N–H and O–H groups in total. The standard InChI is InChI=1S/C23H32N4O2/c1-23(2,3)19-10-8-17(9-11-19)21-24-20(29-25-21)16-26-12-6-7-18(15-26)22(28)27-13-4-5-14-27/h8-11,18H,4-7,12-16H2,1-3H3. The van der Waals surface area contributed by atoms with Crippen LogP contribution in [0.1, 0.15) is 57.9 Å². The maximum absolute atomic E-state index is 12.7. The van der Waals surface area contributed by atoms with E-state index in [9.17, 15) is 4.79 Å². The number of aromatic nitrogens is 2. The molecule has 2 aromatic rings. The minimum Gasteiger partial charge on any atom is -0.342 e. The molecule has 0 aliphatic carbocycles. The summed E-state index contributed by atoms with van der Waals surface area (Å²) < 4.78 is 5.52. The smallest absolute Gasteiger partial charge is 0.241 e. The van der Waals surface area contributed by atoms with Gasteiger partial charge >= 0.3 is 0 Å². The third-order valence-electron chi connectivity index (χ3n) is 6.11. The number of amides is 1. The van der Waals surface area contributed by atoms with Gasteiger partial charge < -0.3 is 9.42 Å². The Morgan fingerprint density at radius 3 is 2.52 bits per heavy atom. The highest BCUT2D eigenvalue weighted by molar-refractivity contribution is 5.79. The molecule has 2 saturated heterocycles. The summed E-state index contributed by atoms with van der Waals surface area (Å²) in [7, 11) is 0. The van der Waals surface area contributed by atoms with Crippen molar-refractivity contribution >= 4 is 5.91 Å². The van der Waals surface area contributed by atoms with Gasteiger partial charge in [-0.15, -0.1) is 0 Å².